The molecular weight excluding hydrogens is 490 g/mol. The number of unbranched alkanes of at least 4 members (excludes halogenated alkanes) is 2. The molecule has 1 amide bonds. The summed E-state index contributed by atoms with van der Waals surface area (Å²) in [4.78, 5) is 33.1. The lowest BCUT2D eigenvalue weighted by molar-refractivity contribution is -0.145. The van der Waals surface area contributed by atoms with Gasteiger partial charge >= 0.3 is 11.9 Å². The summed E-state index contributed by atoms with van der Waals surface area (Å²) in [5.41, 5.74) is 0. The molecule has 0 aliphatic heterocycles. The van der Waals surface area contributed by atoms with Crippen molar-refractivity contribution in [2.75, 3.05) is 92.4 Å². The van der Waals surface area contributed by atoms with E-state index in [1.165, 1.54) is 0 Å². The van der Waals surface area contributed by atoms with Gasteiger partial charge in [-0.05, 0) is 12.8 Å². The minimum absolute atomic E-state index is 0.00905. The number of esters is 1. The van der Waals surface area contributed by atoms with Crippen LogP contribution in [0.5, 0.6) is 0 Å². The summed E-state index contributed by atoms with van der Waals surface area (Å²) in [6.07, 6.45) is 3.95. The number of aliphatic carboxylic acids is 1. The highest BCUT2D eigenvalue weighted by molar-refractivity contribution is 5.80. The van der Waals surface area contributed by atoms with Crippen molar-refractivity contribution in [2.45, 2.75) is 51.9 Å². The van der Waals surface area contributed by atoms with Gasteiger partial charge in [-0.25, -0.2) is 0 Å². The molecule has 0 saturated heterocycles. The van der Waals surface area contributed by atoms with E-state index in [0.717, 1.165) is 19.3 Å². The predicted octanol–water partition coefficient (Wildman–Crippen LogP) is 1.58. The van der Waals surface area contributed by atoms with Crippen LogP contribution in [0.4, 0.5) is 0 Å². The second kappa shape index (κ2) is 28.7. The summed E-state index contributed by atoms with van der Waals surface area (Å²) >= 11 is 0. The highest BCUT2D eigenvalue weighted by atomic mass is 16.6. The summed E-state index contributed by atoms with van der Waals surface area (Å²) in [5, 5.41) is 11.1. The van der Waals surface area contributed by atoms with Crippen LogP contribution in [0.1, 0.15) is 51.9 Å². The van der Waals surface area contributed by atoms with Gasteiger partial charge in [-0.3, -0.25) is 14.4 Å². The number of carbonyl (C=O) groups is 3. The van der Waals surface area contributed by atoms with Gasteiger partial charge in [0.25, 0.3) is 0 Å². The molecule has 0 fully saturated rings. The summed E-state index contributed by atoms with van der Waals surface area (Å²) < 4.78 is 37.4. The molecule has 0 heterocycles. The van der Waals surface area contributed by atoms with Gasteiger partial charge in [0.15, 0.2) is 0 Å². The highest BCUT2D eigenvalue weighted by Gasteiger charge is 2.04. The Morgan fingerprint density at radius 1 is 0.568 bits per heavy atom. The third-order valence-electron chi connectivity index (χ3n) is 4.69. The number of rotatable bonds is 29. The Hall–Kier alpha value is -1.83. The SMILES string of the molecule is CCCCCC(=O)OCCOCCOCCOCCOCCOCCOCCCNC(=O)CCC(=O)O. The quantitative estimate of drug-likeness (QED) is 0.106. The second-order valence-electron chi connectivity index (χ2n) is 7.95. The van der Waals surface area contributed by atoms with E-state index >= 15 is 0 Å². The van der Waals surface area contributed by atoms with E-state index in [-0.39, 0.29) is 31.3 Å². The molecule has 218 valence electrons. The molecular formula is C25H47NO11. The first kappa shape index (κ1) is 35.2. The van der Waals surface area contributed by atoms with E-state index < -0.39 is 5.97 Å². The maximum Gasteiger partial charge on any atom is 0.305 e. The van der Waals surface area contributed by atoms with Crippen molar-refractivity contribution in [3.8, 4) is 0 Å². The average molecular weight is 538 g/mol. The minimum Gasteiger partial charge on any atom is -0.481 e. The van der Waals surface area contributed by atoms with E-state index in [1.54, 1.807) is 0 Å². The molecule has 0 aromatic heterocycles. The van der Waals surface area contributed by atoms with Crippen LogP contribution in [0.2, 0.25) is 0 Å². The van der Waals surface area contributed by atoms with Gasteiger partial charge in [-0.15, -0.1) is 0 Å². The Morgan fingerprint density at radius 3 is 1.49 bits per heavy atom. The largest absolute Gasteiger partial charge is 0.481 e. The molecule has 0 aromatic carbocycles. The zero-order chi connectivity index (χ0) is 27.2. The summed E-state index contributed by atoms with van der Waals surface area (Å²) in [5.74, 6) is -1.42. The Bertz CT molecular complexity index is 549. The number of carbonyl (C=O) groups excluding carboxylic acids is 2. The standard InChI is InChI=1S/C25H47NO11/c1-2-3-4-6-25(30)37-22-21-36-20-19-35-18-17-34-16-15-33-14-13-32-12-11-31-10-5-9-26-23(27)7-8-24(28)29/h2-22H2,1H3,(H,26,27)(H,28,29). The van der Waals surface area contributed by atoms with Crippen LogP contribution in [0.25, 0.3) is 0 Å². The molecule has 37 heavy (non-hydrogen) atoms. The van der Waals surface area contributed by atoms with E-state index in [4.69, 9.17) is 38.3 Å². The normalized spacial score (nSPS) is 10.9. The van der Waals surface area contributed by atoms with Crippen LogP contribution in [-0.4, -0.2) is 115 Å². The number of hydrogen-bond donors (Lipinski definition) is 2. The first-order valence-electron chi connectivity index (χ1n) is 13.2. The predicted molar refractivity (Wildman–Crippen MR) is 135 cm³/mol. The van der Waals surface area contributed by atoms with Crippen LogP contribution in [0.15, 0.2) is 0 Å². The molecule has 0 radical (unpaired) electrons. The molecule has 2 N–H and O–H groups in total. The molecule has 12 nitrogen and oxygen atoms in total. The number of ether oxygens (including phenoxy) is 7. The van der Waals surface area contributed by atoms with Gasteiger partial charge in [-0.2, -0.15) is 0 Å². The fourth-order valence-corrected chi connectivity index (χ4v) is 2.72. The molecule has 0 saturated carbocycles. The topological polar surface area (TPSA) is 148 Å². The van der Waals surface area contributed by atoms with Gasteiger partial charge in [0.2, 0.25) is 5.91 Å². The van der Waals surface area contributed by atoms with Gasteiger partial charge < -0.3 is 43.6 Å². The van der Waals surface area contributed by atoms with Gasteiger partial charge in [0, 0.05) is 26.0 Å². The summed E-state index contributed by atoms with van der Waals surface area (Å²) in [7, 11) is 0. The second-order valence-corrected chi connectivity index (χ2v) is 7.95. The van der Waals surface area contributed by atoms with Crippen molar-refractivity contribution < 1.29 is 52.6 Å². The summed E-state index contributed by atoms with van der Waals surface area (Å²) in [6, 6.07) is 0. The van der Waals surface area contributed by atoms with Crippen molar-refractivity contribution in [3.05, 3.63) is 0 Å². The maximum atomic E-state index is 11.4. The Kier molecular flexibility index (Phi) is 27.3. The van der Waals surface area contributed by atoms with Crippen molar-refractivity contribution in [1.29, 1.82) is 0 Å². The van der Waals surface area contributed by atoms with E-state index in [2.05, 4.69) is 12.2 Å². The van der Waals surface area contributed by atoms with Crippen LogP contribution in [0.3, 0.4) is 0 Å². The molecule has 0 aliphatic rings. The lowest BCUT2D eigenvalue weighted by atomic mass is 10.2. The monoisotopic (exact) mass is 537 g/mol. The molecule has 0 spiro atoms. The molecule has 0 aromatic rings. The molecule has 0 bridgehead atoms. The van der Waals surface area contributed by atoms with E-state index in [1.807, 2.05) is 0 Å². The van der Waals surface area contributed by atoms with Crippen molar-refractivity contribution in [3.63, 3.8) is 0 Å². The van der Waals surface area contributed by atoms with Crippen LogP contribution in [0, 0.1) is 0 Å². The van der Waals surface area contributed by atoms with Crippen LogP contribution < -0.4 is 5.32 Å². The number of hydrogen-bond acceptors (Lipinski definition) is 10. The smallest absolute Gasteiger partial charge is 0.305 e. The Labute approximate surface area is 220 Å². The number of amides is 1. The fourth-order valence-electron chi connectivity index (χ4n) is 2.72. The minimum atomic E-state index is -0.983. The molecule has 0 rings (SSSR count). The number of carboxylic acid groups (broad SMARTS) is 1. The third-order valence-corrected chi connectivity index (χ3v) is 4.69. The summed E-state index contributed by atoms with van der Waals surface area (Å²) in [6.45, 7) is 8.29. The first-order chi connectivity index (χ1) is 18.1. The van der Waals surface area contributed by atoms with E-state index in [9.17, 15) is 14.4 Å². The number of nitrogens with one attached hydrogen (secondary N) is 1. The highest BCUT2D eigenvalue weighted by Crippen LogP contribution is 2.00. The van der Waals surface area contributed by atoms with Crippen molar-refractivity contribution in [2.24, 2.45) is 0 Å². The lowest BCUT2D eigenvalue weighted by Crippen LogP contribution is -2.25. The van der Waals surface area contributed by atoms with Crippen LogP contribution in [-0.2, 0) is 47.5 Å². The zero-order valence-electron chi connectivity index (χ0n) is 22.4. The van der Waals surface area contributed by atoms with Crippen LogP contribution >= 0.6 is 0 Å². The average Bonchev–Trinajstić information content (AvgIpc) is 2.88. The Balaban J connectivity index is 3.13. The van der Waals surface area contributed by atoms with E-state index in [0.29, 0.717) is 98.7 Å². The third kappa shape index (κ3) is 30.3. The van der Waals surface area contributed by atoms with Gasteiger partial charge in [-0.1, -0.05) is 19.8 Å². The number of carboxylic acids is 1. The van der Waals surface area contributed by atoms with Gasteiger partial charge in [0.1, 0.15) is 6.61 Å². The molecule has 0 atom stereocenters. The van der Waals surface area contributed by atoms with Gasteiger partial charge in [0.05, 0.1) is 79.1 Å². The zero-order valence-corrected chi connectivity index (χ0v) is 22.4. The first-order valence-corrected chi connectivity index (χ1v) is 13.2. The van der Waals surface area contributed by atoms with Crippen molar-refractivity contribution in [1.82, 2.24) is 5.32 Å². The lowest BCUT2D eigenvalue weighted by Gasteiger charge is -2.09. The van der Waals surface area contributed by atoms with Crippen molar-refractivity contribution >= 4 is 17.8 Å². The fraction of sp³-hybridized carbons (Fsp3) is 0.880. The Morgan fingerprint density at radius 2 is 1.03 bits per heavy atom. The molecule has 0 aliphatic carbocycles. The molecule has 0 unspecified atom stereocenters. The molecule has 12 heteroatoms. The maximum absolute atomic E-state index is 11.4.